The summed E-state index contributed by atoms with van der Waals surface area (Å²) in [5.74, 6) is 0.694. The Balaban J connectivity index is 1.07. The fourth-order valence-corrected chi connectivity index (χ4v) is 5.11. The van der Waals surface area contributed by atoms with Crippen LogP contribution < -0.4 is 15.4 Å². The van der Waals surface area contributed by atoms with Gasteiger partial charge in [0, 0.05) is 48.9 Å². The number of nitrogens with zero attached hydrogens (tertiary/aromatic N) is 2. The highest BCUT2D eigenvalue weighted by molar-refractivity contribution is 7.09. The van der Waals surface area contributed by atoms with Gasteiger partial charge in [0.1, 0.15) is 12.4 Å². The topological polar surface area (TPSA) is 73.9 Å². The molecule has 0 aliphatic carbocycles. The Hall–Kier alpha value is -4.14. The molecule has 0 saturated carbocycles. The summed E-state index contributed by atoms with van der Waals surface area (Å²) in [6.45, 7) is 4.68. The Labute approximate surface area is 233 Å². The van der Waals surface area contributed by atoms with E-state index in [1.165, 1.54) is 5.56 Å². The average Bonchev–Trinajstić information content (AvgIpc) is 3.50. The Kier molecular flexibility index (Phi) is 8.88. The number of benzene rings is 3. The molecule has 3 aromatic carbocycles. The second-order valence-corrected chi connectivity index (χ2v) is 10.5. The van der Waals surface area contributed by atoms with Gasteiger partial charge in [-0.3, -0.25) is 9.69 Å². The standard InChI is InChI=1S/C31H32N4O3S/c36-30(32-21-29-13-6-18-39-29)26-10-5-11-27(20-26)33-31(37)35-16-14-34(15-17-35)22-25-9-4-12-28(19-25)38-23-24-7-2-1-3-8-24/h1-13,18-20H,14-17,21-23H2,(H,32,36)(H,33,37). The molecule has 1 aromatic heterocycles. The summed E-state index contributed by atoms with van der Waals surface area (Å²) < 4.78 is 5.98. The molecule has 8 heteroatoms. The van der Waals surface area contributed by atoms with Gasteiger partial charge in [0.25, 0.3) is 5.91 Å². The number of urea groups is 1. The Bertz CT molecular complexity index is 1370. The summed E-state index contributed by atoms with van der Waals surface area (Å²) in [5, 5.41) is 7.86. The van der Waals surface area contributed by atoms with Crippen LogP contribution in [0, 0.1) is 0 Å². The molecule has 2 heterocycles. The Morgan fingerprint density at radius 3 is 2.41 bits per heavy atom. The molecule has 1 saturated heterocycles. The monoisotopic (exact) mass is 540 g/mol. The quantitative estimate of drug-likeness (QED) is 0.290. The normalized spacial score (nSPS) is 13.6. The van der Waals surface area contributed by atoms with Crippen molar-refractivity contribution < 1.29 is 14.3 Å². The van der Waals surface area contributed by atoms with Crippen LogP contribution >= 0.6 is 11.3 Å². The highest BCUT2D eigenvalue weighted by atomic mass is 32.1. The van der Waals surface area contributed by atoms with E-state index in [0.29, 0.717) is 37.5 Å². The summed E-state index contributed by atoms with van der Waals surface area (Å²) in [7, 11) is 0. The fourth-order valence-electron chi connectivity index (χ4n) is 4.47. The van der Waals surface area contributed by atoms with E-state index in [4.69, 9.17) is 4.74 Å². The third-order valence-electron chi connectivity index (χ3n) is 6.59. The number of nitrogens with one attached hydrogen (secondary N) is 2. The van der Waals surface area contributed by atoms with Crippen molar-refractivity contribution in [3.63, 3.8) is 0 Å². The van der Waals surface area contributed by atoms with Gasteiger partial charge in [0.15, 0.2) is 0 Å². The van der Waals surface area contributed by atoms with Crippen LogP contribution in [0.15, 0.2) is 96.4 Å². The highest BCUT2D eigenvalue weighted by Crippen LogP contribution is 2.18. The van der Waals surface area contributed by atoms with Gasteiger partial charge in [-0.25, -0.2) is 4.79 Å². The minimum atomic E-state index is -0.164. The largest absolute Gasteiger partial charge is 0.489 e. The number of carbonyl (C=O) groups excluding carboxylic acids is 2. The van der Waals surface area contributed by atoms with Gasteiger partial charge in [-0.2, -0.15) is 0 Å². The lowest BCUT2D eigenvalue weighted by Gasteiger charge is -2.34. The molecule has 1 fully saturated rings. The number of hydrogen-bond acceptors (Lipinski definition) is 5. The van der Waals surface area contributed by atoms with Crippen LogP contribution in [0.2, 0.25) is 0 Å². The summed E-state index contributed by atoms with van der Waals surface area (Å²) in [6, 6.07) is 29.2. The van der Waals surface area contributed by atoms with E-state index >= 15 is 0 Å². The molecule has 0 spiro atoms. The first-order valence-electron chi connectivity index (χ1n) is 13.1. The third kappa shape index (κ3) is 7.69. The fraction of sp³-hybridized carbons (Fsp3) is 0.226. The smallest absolute Gasteiger partial charge is 0.321 e. The van der Waals surface area contributed by atoms with E-state index in [0.717, 1.165) is 35.8 Å². The lowest BCUT2D eigenvalue weighted by Crippen LogP contribution is -2.49. The molecule has 1 aliphatic rings. The van der Waals surface area contributed by atoms with Crippen LogP contribution in [0.5, 0.6) is 5.75 Å². The van der Waals surface area contributed by atoms with Gasteiger partial charge >= 0.3 is 6.03 Å². The minimum Gasteiger partial charge on any atom is -0.489 e. The molecule has 0 radical (unpaired) electrons. The predicted octanol–water partition coefficient (Wildman–Crippen LogP) is 5.61. The molecule has 200 valence electrons. The number of amides is 3. The number of carbonyl (C=O) groups is 2. The van der Waals surface area contributed by atoms with E-state index in [2.05, 4.69) is 39.8 Å². The SMILES string of the molecule is O=C(NCc1cccs1)c1cccc(NC(=O)N2CCN(Cc3cccc(OCc4ccccc4)c3)CC2)c1. The summed E-state index contributed by atoms with van der Waals surface area (Å²) >= 11 is 1.60. The van der Waals surface area contributed by atoms with Crippen LogP contribution in [0.1, 0.15) is 26.4 Å². The number of anilines is 1. The first-order chi connectivity index (χ1) is 19.1. The second-order valence-electron chi connectivity index (χ2n) is 9.46. The lowest BCUT2D eigenvalue weighted by molar-refractivity contribution is 0.0951. The van der Waals surface area contributed by atoms with E-state index in [9.17, 15) is 9.59 Å². The molecule has 0 unspecified atom stereocenters. The number of rotatable bonds is 9. The van der Waals surface area contributed by atoms with Gasteiger partial charge in [-0.15, -0.1) is 11.3 Å². The maximum Gasteiger partial charge on any atom is 0.321 e. The van der Waals surface area contributed by atoms with Crippen LogP contribution in [0.25, 0.3) is 0 Å². The molecule has 0 atom stereocenters. The van der Waals surface area contributed by atoms with E-state index < -0.39 is 0 Å². The molecule has 0 bridgehead atoms. The highest BCUT2D eigenvalue weighted by Gasteiger charge is 2.21. The molecular formula is C31H32N4O3S. The van der Waals surface area contributed by atoms with E-state index in [-0.39, 0.29) is 11.9 Å². The van der Waals surface area contributed by atoms with Crippen LogP contribution in [-0.4, -0.2) is 47.9 Å². The zero-order valence-electron chi connectivity index (χ0n) is 21.7. The Morgan fingerprint density at radius 2 is 1.62 bits per heavy atom. The van der Waals surface area contributed by atoms with Crippen molar-refractivity contribution in [2.24, 2.45) is 0 Å². The van der Waals surface area contributed by atoms with Crippen molar-refractivity contribution in [2.45, 2.75) is 19.7 Å². The predicted molar refractivity (Wildman–Crippen MR) is 155 cm³/mol. The second kappa shape index (κ2) is 13.1. The molecule has 1 aliphatic heterocycles. The first-order valence-corrected chi connectivity index (χ1v) is 13.9. The lowest BCUT2D eigenvalue weighted by atomic mass is 10.2. The van der Waals surface area contributed by atoms with Crippen molar-refractivity contribution in [1.82, 2.24) is 15.1 Å². The number of ether oxygens (including phenoxy) is 1. The minimum absolute atomic E-state index is 0.151. The summed E-state index contributed by atoms with van der Waals surface area (Å²) in [4.78, 5) is 30.7. The van der Waals surface area contributed by atoms with Gasteiger partial charge in [-0.1, -0.05) is 54.6 Å². The zero-order chi connectivity index (χ0) is 26.9. The number of thiophene rings is 1. The average molecular weight is 541 g/mol. The maximum absolute atomic E-state index is 12.9. The molecule has 5 rings (SSSR count). The van der Waals surface area contributed by atoms with Gasteiger partial charge < -0.3 is 20.3 Å². The van der Waals surface area contributed by atoms with Gasteiger partial charge in [0.05, 0.1) is 6.54 Å². The van der Waals surface area contributed by atoms with Crippen LogP contribution in [-0.2, 0) is 19.7 Å². The van der Waals surface area contributed by atoms with Crippen LogP contribution in [0.4, 0.5) is 10.5 Å². The van der Waals surface area contributed by atoms with Gasteiger partial charge in [0.2, 0.25) is 0 Å². The van der Waals surface area contributed by atoms with E-state index in [1.807, 2.05) is 52.7 Å². The summed E-state index contributed by atoms with van der Waals surface area (Å²) in [5.41, 5.74) is 3.46. The van der Waals surface area contributed by atoms with Crippen molar-refractivity contribution in [1.29, 1.82) is 0 Å². The van der Waals surface area contributed by atoms with Crippen LogP contribution in [0.3, 0.4) is 0 Å². The third-order valence-corrected chi connectivity index (χ3v) is 7.47. The van der Waals surface area contributed by atoms with E-state index in [1.54, 1.807) is 35.6 Å². The maximum atomic E-state index is 12.9. The molecule has 4 aromatic rings. The molecular weight excluding hydrogens is 508 g/mol. The molecule has 7 nitrogen and oxygen atoms in total. The Morgan fingerprint density at radius 1 is 0.821 bits per heavy atom. The molecule has 3 amide bonds. The zero-order valence-corrected chi connectivity index (χ0v) is 22.5. The molecule has 2 N–H and O–H groups in total. The summed E-state index contributed by atoms with van der Waals surface area (Å²) in [6.07, 6.45) is 0. The van der Waals surface area contributed by atoms with Gasteiger partial charge in [-0.05, 0) is 52.9 Å². The molecule has 39 heavy (non-hydrogen) atoms. The van der Waals surface area contributed by atoms with Crippen molar-refractivity contribution in [2.75, 3.05) is 31.5 Å². The number of hydrogen-bond donors (Lipinski definition) is 2. The van der Waals surface area contributed by atoms with Crippen molar-refractivity contribution in [3.8, 4) is 5.75 Å². The first kappa shape index (κ1) is 26.5. The number of piperazine rings is 1. The van der Waals surface area contributed by atoms with Crippen molar-refractivity contribution in [3.05, 3.63) is 118 Å². The van der Waals surface area contributed by atoms with Crippen molar-refractivity contribution >= 4 is 29.0 Å².